The average molecular weight is 215 g/mol. The van der Waals surface area contributed by atoms with Crippen LogP contribution in [0.15, 0.2) is 30.6 Å². The van der Waals surface area contributed by atoms with E-state index in [-0.39, 0.29) is 0 Å². The van der Waals surface area contributed by atoms with Gasteiger partial charge in [0.15, 0.2) is 0 Å². The normalized spacial score (nSPS) is 10.1. The van der Waals surface area contributed by atoms with Crippen molar-refractivity contribution in [2.24, 2.45) is 0 Å². The first kappa shape index (κ1) is 10.4. The number of nitrogens with two attached hydrogens (primary N) is 1. The van der Waals surface area contributed by atoms with Gasteiger partial charge in [-0.05, 0) is 24.6 Å². The lowest BCUT2D eigenvalue weighted by atomic mass is 10.1. The first-order chi connectivity index (χ1) is 7.70. The summed E-state index contributed by atoms with van der Waals surface area (Å²) >= 11 is 0. The van der Waals surface area contributed by atoms with Gasteiger partial charge in [0.1, 0.15) is 5.82 Å². The number of nitrogen functional groups attached to an aromatic ring is 1. The van der Waals surface area contributed by atoms with E-state index in [1.807, 2.05) is 19.1 Å². The summed E-state index contributed by atoms with van der Waals surface area (Å²) in [7, 11) is 1.60. The number of anilines is 1. The third kappa shape index (κ3) is 1.95. The van der Waals surface area contributed by atoms with Crippen LogP contribution in [0.3, 0.4) is 0 Å². The molecule has 0 spiro atoms. The second kappa shape index (κ2) is 4.18. The van der Waals surface area contributed by atoms with Crippen molar-refractivity contribution in [1.29, 1.82) is 0 Å². The predicted molar refractivity (Wildman–Crippen MR) is 63.2 cm³/mol. The zero-order chi connectivity index (χ0) is 11.5. The molecule has 0 aliphatic heterocycles. The van der Waals surface area contributed by atoms with Crippen LogP contribution in [0.25, 0.3) is 11.1 Å². The molecule has 0 aliphatic carbocycles. The molecule has 2 aromatic heterocycles. The highest BCUT2D eigenvalue weighted by atomic mass is 16.5. The van der Waals surface area contributed by atoms with Gasteiger partial charge in [-0.2, -0.15) is 0 Å². The molecule has 16 heavy (non-hydrogen) atoms. The molecule has 4 heteroatoms. The molecule has 0 aliphatic rings. The molecule has 0 fully saturated rings. The minimum Gasteiger partial charge on any atom is -0.481 e. The number of pyridine rings is 2. The fourth-order valence-corrected chi connectivity index (χ4v) is 1.51. The van der Waals surface area contributed by atoms with Crippen molar-refractivity contribution >= 4 is 5.82 Å². The summed E-state index contributed by atoms with van der Waals surface area (Å²) in [5, 5.41) is 0. The Bertz CT molecular complexity index is 494. The van der Waals surface area contributed by atoms with Crippen LogP contribution in [0.4, 0.5) is 5.82 Å². The molecule has 2 rings (SSSR count). The van der Waals surface area contributed by atoms with Gasteiger partial charge in [0.2, 0.25) is 5.88 Å². The number of nitrogens with zero attached hydrogens (tertiary/aromatic N) is 2. The quantitative estimate of drug-likeness (QED) is 0.832. The fraction of sp³-hybridized carbons (Fsp3) is 0.167. The minimum atomic E-state index is 0.517. The van der Waals surface area contributed by atoms with Crippen LogP contribution < -0.4 is 10.5 Å². The minimum absolute atomic E-state index is 0.517. The van der Waals surface area contributed by atoms with Crippen LogP contribution in [0.5, 0.6) is 5.88 Å². The van der Waals surface area contributed by atoms with E-state index in [0.29, 0.717) is 11.7 Å². The molecule has 0 unspecified atom stereocenters. The zero-order valence-electron chi connectivity index (χ0n) is 9.27. The summed E-state index contributed by atoms with van der Waals surface area (Å²) in [5.41, 5.74) is 8.67. The summed E-state index contributed by atoms with van der Waals surface area (Å²) < 4.78 is 5.06. The van der Waals surface area contributed by atoms with Crippen molar-refractivity contribution in [2.75, 3.05) is 12.8 Å². The molecule has 0 aromatic carbocycles. The number of methoxy groups -OCH3 is 1. The number of hydrogen-bond donors (Lipinski definition) is 1. The predicted octanol–water partition coefficient (Wildman–Crippen LogP) is 2.04. The Hall–Kier alpha value is -2.10. The lowest BCUT2D eigenvalue weighted by Crippen LogP contribution is -1.93. The summed E-state index contributed by atoms with van der Waals surface area (Å²) in [6.07, 6.45) is 3.52. The summed E-state index contributed by atoms with van der Waals surface area (Å²) in [6.45, 7) is 2.01. The smallest absolute Gasteiger partial charge is 0.213 e. The van der Waals surface area contributed by atoms with Gasteiger partial charge in [-0.15, -0.1) is 0 Å². The maximum atomic E-state index is 5.54. The molecule has 0 radical (unpaired) electrons. The van der Waals surface area contributed by atoms with Gasteiger partial charge < -0.3 is 10.5 Å². The Labute approximate surface area is 94.1 Å². The zero-order valence-corrected chi connectivity index (χ0v) is 9.27. The Balaban J connectivity index is 2.44. The molecule has 0 saturated heterocycles. The average Bonchev–Trinajstić information content (AvgIpc) is 2.30. The highest BCUT2D eigenvalue weighted by Crippen LogP contribution is 2.24. The van der Waals surface area contributed by atoms with Crippen molar-refractivity contribution in [2.45, 2.75) is 6.92 Å². The molecule has 0 bridgehead atoms. The maximum absolute atomic E-state index is 5.54. The fourth-order valence-electron chi connectivity index (χ4n) is 1.51. The number of rotatable bonds is 2. The number of aryl methyl sites for hydroxylation is 1. The largest absolute Gasteiger partial charge is 0.481 e. The lowest BCUT2D eigenvalue weighted by Gasteiger charge is -2.07. The van der Waals surface area contributed by atoms with Gasteiger partial charge >= 0.3 is 0 Å². The van der Waals surface area contributed by atoms with E-state index in [0.717, 1.165) is 16.7 Å². The topological polar surface area (TPSA) is 61.0 Å². The maximum Gasteiger partial charge on any atom is 0.213 e. The monoisotopic (exact) mass is 215 g/mol. The van der Waals surface area contributed by atoms with Crippen molar-refractivity contribution in [3.8, 4) is 17.0 Å². The highest BCUT2D eigenvalue weighted by Gasteiger charge is 2.04. The Morgan fingerprint density at radius 2 is 2.00 bits per heavy atom. The van der Waals surface area contributed by atoms with Crippen molar-refractivity contribution in [3.05, 3.63) is 36.2 Å². The van der Waals surface area contributed by atoms with Gasteiger partial charge in [0.05, 0.1) is 7.11 Å². The van der Waals surface area contributed by atoms with E-state index in [1.165, 1.54) is 0 Å². The Morgan fingerprint density at radius 1 is 1.19 bits per heavy atom. The molecule has 0 amide bonds. The Morgan fingerprint density at radius 3 is 2.56 bits per heavy atom. The lowest BCUT2D eigenvalue weighted by molar-refractivity contribution is 0.397. The third-order valence-electron chi connectivity index (χ3n) is 2.39. The summed E-state index contributed by atoms with van der Waals surface area (Å²) in [5.74, 6) is 1.13. The van der Waals surface area contributed by atoms with Crippen LogP contribution in [0, 0.1) is 6.92 Å². The SMILES string of the molecule is COc1cc(C)c(-c2ccc(N)nc2)cn1. The summed E-state index contributed by atoms with van der Waals surface area (Å²) in [6, 6.07) is 5.60. The molecule has 2 N–H and O–H groups in total. The molecule has 82 valence electrons. The van der Waals surface area contributed by atoms with E-state index in [2.05, 4.69) is 9.97 Å². The van der Waals surface area contributed by atoms with Gasteiger partial charge in [-0.3, -0.25) is 0 Å². The Kier molecular flexibility index (Phi) is 2.72. The molecule has 2 aromatic rings. The van der Waals surface area contributed by atoms with Gasteiger partial charge in [-0.1, -0.05) is 0 Å². The van der Waals surface area contributed by atoms with E-state index in [9.17, 15) is 0 Å². The van der Waals surface area contributed by atoms with E-state index in [1.54, 1.807) is 25.6 Å². The molecule has 0 saturated carbocycles. The summed E-state index contributed by atoms with van der Waals surface area (Å²) in [4.78, 5) is 8.23. The van der Waals surface area contributed by atoms with Gasteiger partial charge in [-0.25, -0.2) is 9.97 Å². The van der Waals surface area contributed by atoms with Crippen LogP contribution >= 0.6 is 0 Å². The van der Waals surface area contributed by atoms with Gasteiger partial charge in [0, 0.05) is 29.6 Å². The van der Waals surface area contributed by atoms with E-state index < -0.39 is 0 Å². The van der Waals surface area contributed by atoms with Crippen LogP contribution in [-0.4, -0.2) is 17.1 Å². The molecule has 4 nitrogen and oxygen atoms in total. The van der Waals surface area contributed by atoms with Crippen LogP contribution in [0.2, 0.25) is 0 Å². The number of ether oxygens (including phenoxy) is 1. The number of hydrogen-bond acceptors (Lipinski definition) is 4. The van der Waals surface area contributed by atoms with Crippen molar-refractivity contribution in [3.63, 3.8) is 0 Å². The van der Waals surface area contributed by atoms with E-state index in [4.69, 9.17) is 10.5 Å². The first-order valence-electron chi connectivity index (χ1n) is 4.93. The molecular formula is C12H13N3O. The van der Waals surface area contributed by atoms with Gasteiger partial charge in [0.25, 0.3) is 0 Å². The standard InChI is InChI=1S/C12H13N3O/c1-8-5-12(16-2)15-7-10(8)9-3-4-11(13)14-6-9/h3-7H,1-2H3,(H2,13,14). The second-order valence-electron chi connectivity index (χ2n) is 3.51. The van der Waals surface area contributed by atoms with Crippen molar-refractivity contribution < 1.29 is 4.74 Å². The molecule has 0 atom stereocenters. The van der Waals surface area contributed by atoms with Crippen LogP contribution in [-0.2, 0) is 0 Å². The second-order valence-corrected chi connectivity index (χ2v) is 3.51. The first-order valence-corrected chi connectivity index (χ1v) is 4.93. The molecule has 2 heterocycles. The third-order valence-corrected chi connectivity index (χ3v) is 2.39. The molecular weight excluding hydrogens is 202 g/mol. The highest BCUT2D eigenvalue weighted by molar-refractivity contribution is 5.66. The van der Waals surface area contributed by atoms with Crippen molar-refractivity contribution in [1.82, 2.24) is 9.97 Å². The van der Waals surface area contributed by atoms with E-state index >= 15 is 0 Å². The van der Waals surface area contributed by atoms with Crippen LogP contribution in [0.1, 0.15) is 5.56 Å². The number of aromatic nitrogens is 2.